The third-order valence-electron chi connectivity index (χ3n) is 3.02. The van der Waals surface area contributed by atoms with Crippen LogP contribution in [0.1, 0.15) is 26.3 Å². The summed E-state index contributed by atoms with van der Waals surface area (Å²) in [4.78, 5) is 0. The highest BCUT2D eigenvalue weighted by atomic mass is 14.8. The van der Waals surface area contributed by atoms with Crippen molar-refractivity contribution >= 4 is 5.69 Å². The van der Waals surface area contributed by atoms with E-state index >= 15 is 0 Å². The lowest BCUT2D eigenvalue weighted by Crippen LogP contribution is -2.20. The van der Waals surface area contributed by atoms with Crippen LogP contribution in [0.2, 0.25) is 0 Å². The molecular formula is C16H28N2. The molecule has 0 fully saturated rings. The van der Waals surface area contributed by atoms with Crippen LogP contribution in [0.25, 0.3) is 0 Å². The van der Waals surface area contributed by atoms with E-state index in [4.69, 9.17) is 5.73 Å². The number of allylic oxidation sites excluding steroid dienone is 1. The van der Waals surface area contributed by atoms with Crippen LogP contribution in [-0.2, 0) is 6.42 Å². The maximum atomic E-state index is 5.50. The van der Waals surface area contributed by atoms with Gasteiger partial charge >= 0.3 is 0 Å². The van der Waals surface area contributed by atoms with Crippen LogP contribution in [0.5, 0.6) is 0 Å². The van der Waals surface area contributed by atoms with Crippen molar-refractivity contribution < 1.29 is 0 Å². The largest absolute Gasteiger partial charge is 0.399 e. The predicted octanol–water partition coefficient (Wildman–Crippen LogP) is 3.50. The Morgan fingerprint density at radius 2 is 1.78 bits per heavy atom. The van der Waals surface area contributed by atoms with Gasteiger partial charge in [0, 0.05) is 5.69 Å². The zero-order valence-corrected chi connectivity index (χ0v) is 12.2. The van der Waals surface area contributed by atoms with Gasteiger partial charge in [-0.2, -0.15) is 0 Å². The van der Waals surface area contributed by atoms with Gasteiger partial charge in [-0.15, -0.1) is 6.58 Å². The molecule has 1 aromatic rings. The fraction of sp³-hybridized carbons (Fsp3) is 0.500. The minimum atomic E-state index is 0.806. The van der Waals surface area contributed by atoms with Crippen LogP contribution in [0.3, 0.4) is 0 Å². The molecule has 0 saturated heterocycles. The Balaban J connectivity index is 0.000000331. The Morgan fingerprint density at radius 1 is 1.22 bits per heavy atom. The highest BCUT2D eigenvalue weighted by molar-refractivity contribution is 5.39. The summed E-state index contributed by atoms with van der Waals surface area (Å²) in [5.74, 6) is 1.61. The molecule has 1 aromatic carbocycles. The molecule has 0 aromatic heterocycles. The molecule has 0 aliphatic rings. The first-order valence-corrected chi connectivity index (χ1v) is 6.61. The Labute approximate surface area is 112 Å². The van der Waals surface area contributed by atoms with Crippen molar-refractivity contribution in [2.75, 3.05) is 19.3 Å². The van der Waals surface area contributed by atoms with Gasteiger partial charge in [0.15, 0.2) is 0 Å². The van der Waals surface area contributed by atoms with Gasteiger partial charge < -0.3 is 11.1 Å². The van der Waals surface area contributed by atoms with Crippen molar-refractivity contribution in [1.29, 1.82) is 0 Å². The molecule has 0 aliphatic carbocycles. The zero-order valence-electron chi connectivity index (χ0n) is 12.2. The van der Waals surface area contributed by atoms with E-state index in [2.05, 4.69) is 32.7 Å². The van der Waals surface area contributed by atoms with Gasteiger partial charge in [0.05, 0.1) is 0 Å². The number of hydrogen-bond acceptors (Lipinski definition) is 2. The first-order chi connectivity index (χ1) is 8.51. The fourth-order valence-electron chi connectivity index (χ4n) is 1.38. The van der Waals surface area contributed by atoms with Gasteiger partial charge in [0.1, 0.15) is 0 Å². The van der Waals surface area contributed by atoms with Crippen LogP contribution < -0.4 is 11.1 Å². The van der Waals surface area contributed by atoms with Crippen molar-refractivity contribution in [2.45, 2.75) is 27.2 Å². The summed E-state index contributed by atoms with van der Waals surface area (Å²) >= 11 is 0. The summed E-state index contributed by atoms with van der Waals surface area (Å²) in [5, 5.41) is 3.15. The van der Waals surface area contributed by atoms with Gasteiger partial charge in [-0.1, -0.05) is 39.0 Å². The Morgan fingerprint density at radius 3 is 2.11 bits per heavy atom. The molecule has 1 rings (SSSR count). The third kappa shape index (κ3) is 7.91. The van der Waals surface area contributed by atoms with Gasteiger partial charge in [-0.05, 0) is 49.5 Å². The molecule has 2 nitrogen and oxygen atoms in total. The minimum Gasteiger partial charge on any atom is -0.399 e. The molecule has 18 heavy (non-hydrogen) atoms. The Hall–Kier alpha value is -1.28. The van der Waals surface area contributed by atoms with E-state index in [-0.39, 0.29) is 0 Å². The summed E-state index contributed by atoms with van der Waals surface area (Å²) < 4.78 is 0. The number of anilines is 1. The molecular weight excluding hydrogens is 220 g/mol. The lowest BCUT2D eigenvalue weighted by atomic mass is 9.98. The number of benzene rings is 1. The molecule has 1 atom stereocenters. The summed E-state index contributed by atoms with van der Waals surface area (Å²) in [6, 6.07) is 7.83. The second-order valence-electron chi connectivity index (χ2n) is 5.01. The molecule has 2 heteroatoms. The van der Waals surface area contributed by atoms with E-state index in [0.717, 1.165) is 30.5 Å². The molecule has 0 amide bonds. The van der Waals surface area contributed by atoms with Crippen LogP contribution in [0.15, 0.2) is 36.9 Å². The van der Waals surface area contributed by atoms with Crippen molar-refractivity contribution in [3.8, 4) is 0 Å². The monoisotopic (exact) mass is 248 g/mol. The average Bonchev–Trinajstić information content (AvgIpc) is 2.33. The molecule has 0 radical (unpaired) electrons. The smallest absolute Gasteiger partial charge is 0.0314 e. The van der Waals surface area contributed by atoms with Crippen LogP contribution in [0, 0.1) is 11.8 Å². The van der Waals surface area contributed by atoms with E-state index in [1.807, 2.05) is 37.4 Å². The highest BCUT2D eigenvalue weighted by Gasteiger charge is 2.03. The lowest BCUT2D eigenvalue weighted by molar-refractivity contribution is 0.405. The average molecular weight is 248 g/mol. The van der Waals surface area contributed by atoms with E-state index in [1.165, 1.54) is 5.56 Å². The molecule has 0 aliphatic heterocycles. The van der Waals surface area contributed by atoms with Crippen molar-refractivity contribution in [3.05, 3.63) is 42.5 Å². The number of nitrogen functional groups attached to an aromatic ring is 1. The maximum absolute atomic E-state index is 5.50. The third-order valence-corrected chi connectivity index (χ3v) is 3.02. The van der Waals surface area contributed by atoms with Crippen molar-refractivity contribution in [3.63, 3.8) is 0 Å². The van der Waals surface area contributed by atoms with Crippen LogP contribution >= 0.6 is 0 Å². The quantitative estimate of drug-likeness (QED) is 0.618. The first-order valence-electron chi connectivity index (χ1n) is 6.61. The van der Waals surface area contributed by atoms with E-state index < -0.39 is 0 Å². The first kappa shape index (κ1) is 16.7. The van der Waals surface area contributed by atoms with Crippen LogP contribution in [0.4, 0.5) is 5.69 Å². The minimum absolute atomic E-state index is 0.806. The predicted molar refractivity (Wildman–Crippen MR) is 82.7 cm³/mol. The topological polar surface area (TPSA) is 38.0 Å². The summed E-state index contributed by atoms with van der Waals surface area (Å²) in [5.41, 5.74) is 7.56. The molecule has 3 N–H and O–H groups in total. The summed E-state index contributed by atoms with van der Waals surface area (Å²) in [7, 11) is 2.00. The van der Waals surface area contributed by atoms with E-state index in [1.54, 1.807) is 0 Å². The fourth-order valence-corrected chi connectivity index (χ4v) is 1.38. The number of hydrogen-bond donors (Lipinski definition) is 2. The summed E-state index contributed by atoms with van der Waals surface area (Å²) in [6.07, 6.45) is 2.80. The second-order valence-corrected chi connectivity index (χ2v) is 5.01. The van der Waals surface area contributed by atoms with E-state index in [0.29, 0.717) is 0 Å². The molecule has 0 saturated carbocycles. The van der Waals surface area contributed by atoms with Crippen LogP contribution in [-0.4, -0.2) is 13.6 Å². The van der Waals surface area contributed by atoms with Crippen molar-refractivity contribution in [2.24, 2.45) is 11.8 Å². The van der Waals surface area contributed by atoms with Gasteiger partial charge in [-0.3, -0.25) is 0 Å². The number of nitrogens with two attached hydrogens (primary N) is 1. The second kappa shape index (κ2) is 9.72. The number of rotatable bonds is 5. The number of nitrogens with one attached hydrogen (secondary N) is 1. The molecule has 0 spiro atoms. The molecule has 102 valence electrons. The molecule has 1 unspecified atom stereocenters. The summed E-state index contributed by atoms with van der Waals surface area (Å²) in [6.45, 7) is 11.6. The normalized spacial score (nSPS) is 11.6. The Bertz CT molecular complexity index is 314. The van der Waals surface area contributed by atoms with Gasteiger partial charge in [0.25, 0.3) is 0 Å². The SMILES string of the molecule is C=CCc1ccc(N)cc1.CNCC(C)C(C)C. The van der Waals surface area contributed by atoms with E-state index in [9.17, 15) is 0 Å². The standard InChI is InChI=1S/C9H11N.C7H17N/c1-2-3-8-4-6-9(10)7-5-8;1-6(2)7(3)5-8-4/h2,4-7H,1,3,10H2;6-8H,5H2,1-4H3. The Kier molecular flexibility index (Phi) is 9.03. The zero-order chi connectivity index (χ0) is 14.0. The molecule has 0 bridgehead atoms. The van der Waals surface area contributed by atoms with Gasteiger partial charge in [0.2, 0.25) is 0 Å². The highest BCUT2D eigenvalue weighted by Crippen LogP contribution is 2.06. The molecule has 0 heterocycles. The van der Waals surface area contributed by atoms with Crippen molar-refractivity contribution in [1.82, 2.24) is 5.32 Å². The lowest BCUT2D eigenvalue weighted by Gasteiger charge is -2.13. The maximum Gasteiger partial charge on any atom is 0.0314 e. The van der Waals surface area contributed by atoms with Gasteiger partial charge in [-0.25, -0.2) is 0 Å².